The summed E-state index contributed by atoms with van der Waals surface area (Å²) in [6.45, 7) is 3.43. The molecule has 0 rings (SSSR count). The van der Waals surface area contributed by atoms with E-state index in [2.05, 4.69) is 25.3 Å². The first kappa shape index (κ1) is 19.1. The van der Waals surface area contributed by atoms with Crippen LogP contribution in [0, 0.1) is 0 Å². The predicted molar refractivity (Wildman–Crippen MR) is 79.0 cm³/mol. The summed E-state index contributed by atoms with van der Waals surface area (Å²) in [6.07, 6.45) is -1.45. The smallest absolute Gasteiger partial charge is 0.309 e. The van der Waals surface area contributed by atoms with Gasteiger partial charge in [0.15, 0.2) is 0 Å². The highest BCUT2D eigenvalue weighted by Crippen LogP contribution is 2.11. The van der Waals surface area contributed by atoms with Gasteiger partial charge in [0.05, 0.1) is 19.3 Å². The third kappa shape index (κ3) is 11.0. The lowest BCUT2D eigenvalue weighted by Gasteiger charge is -2.18. The van der Waals surface area contributed by atoms with E-state index < -0.39 is 24.2 Å². The van der Waals surface area contributed by atoms with Crippen molar-refractivity contribution in [1.29, 1.82) is 0 Å². The van der Waals surface area contributed by atoms with Gasteiger partial charge in [0.25, 0.3) is 0 Å². The summed E-state index contributed by atoms with van der Waals surface area (Å²) < 4.78 is 9.89. The van der Waals surface area contributed by atoms with Gasteiger partial charge in [0.2, 0.25) is 6.29 Å². The van der Waals surface area contributed by atoms with Crippen LogP contribution in [0.4, 0.5) is 0 Å². The van der Waals surface area contributed by atoms with Gasteiger partial charge in [-0.1, -0.05) is 13.8 Å². The van der Waals surface area contributed by atoms with Crippen LogP contribution in [-0.4, -0.2) is 39.8 Å². The number of rotatable bonds is 9. The molecule has 0 aromatic rings. The van der Waals surface area contributed by atoms with Crippen molar-refractivity contribution in [2.45, 2.75) is 56.3 Å². The van der Waals surface area contributed by atoms with E-state index in [0.717, 1.165) is 0 Å². The average molecular weight is 324 g/mol. The van der Waals surface area contributed by atoms with Gasteiger partial charge in [0, 0.05) is 16.9 Å². The molecule has 2 unspecified atom stereocenters. The van der Waals surface area contributed by atoms with Crippen LogP contribution >= 0.6 is 25.3 Å². The van der Waals surface area contributed by atoms with Crippen molar-refractivity contribution in [2.75, 3.05) is 0 Å². The molecule has 20 heavy (non-hydrogen) atoms. The van der Waals surface area contributed by atoms with E-state index in [4.69, 9.17) is 14.6 Å². The number of esters is 2. The van der Waals surface area contributed by atoms with Crippen molar-refractivity contribution in [3.8, 4) is 0 Å². The Kier molecular flexibility index (Phi) is 9.49. The van der Waals surface area contributed by atoms with Crippen LogP contribution in [0.5, 0.6) is 0 Å². The molecule has 0 amide bonds. The zero-order valence-corrected chi connectivity index (χ0v) is 13.2. The Morgan fingerprint density at radius 1 is 1.00 bits per heavy atom. The number of carbonyl (C=O) groups excluding carboxylic acids is 2. The van der Waals surface area contributed by atoms with E-state index in [1.54, 1.807) is 13.8 Å². The lowest BCUT2D eigenvalue weighted by atomic mass is 10.3. The van der Waals surface area contributed by atoms with E-state index in [0.29, 0.717) is 0 Å². The topological polar surface area (TPSA) is 89.9 Å². The van der Waals surface area contributed by atoms with Gasteiger partial charge in [0.1, 0.15) is 0 Å². The Labute approximate surface area is 129 Å². The number of aliphatic carboxylic acids is 1. The fourth-order valence-electron chi connectivity index (χ4n) is 1.26. The second-order valence-corrected chi connectivity index (χ2v) is 6.21. The van der Waals surface area contributed by atoms with Crippen LogP contribution in [0.1, 0.15) is 39.5 Å². The van der Waals surface area contributed by atoms with Crippen LogP contribution in [0.2, 0.25) is 0 Å². The molecule has 0 aliphatic carbocycles. The second kappa shape index (κ2) is 9.93. The maximum Gasteiger partial charge on any atom is 0.309 e. The number of hydrogen-bond donors (Lipinski definition) is 3. The fourth-order valence-corrected chi connectivity index (χ4v) is 1.55. The first-order chi connectivity index (χ1) is 9.20. The molecular formula is C12H20O6S2. The van der Waals surface area contributed by atoms with Crippen LogP contribution in [-0.2, 0) is 23.9 Å². The Bertz CT molecular complexity index is 319. The lowest BCUT2D eigenvalue weighted by Crippen LogP contribution is -2.27. The number of carboxylic acid groups (broad SMARTS) is 1. The van der Waals surface area contributed by atoms with Crippen LogP contribution in [0.3, 0.4) is 0 Å². The SMILES string of the molecule is CC(S)CC(=O)OC(CCC(=O)O)OC(=O)CC(C)S. The zero-order chi connectivity index (χ0) is 15.7. The highest BCUT2D eigenvalue weighted by atomic mass is 32.1. The standard InChI is InChI=1S/C12H20O6S2/c1-7(19)5-10(15)17-12(4-3-9(13)14)18-11(16)6-8(2)20/h7-8,12,19-20H,3-6H2,1-2H3,(H,13,14). The summed E-state index contributed by atoms with van der Waals surface area (Å²) in [7, 11) is 0. The van der Waals surface area contributed by atoms with Crippen molar-refractivity contribution >= 4 is 43.2 Å². The predicted octanol–water partition coefficient (Wildman–Crippen LogP) is 1.68. The molecule has 0 aromatic carbocycles. The van der Waals surface area contributed by atoms with Crippen molar-refractivity contribution < 1.29 is 29.0 Å². The van der Waals surface area contributed by atoms with Crippen LogP contribution in [0.25, 0.3) is 0 Å². The Morgan fingerprint density at radius 2 is 1.40 bits per heavy atom. The first-order valence-electron chi connectivity index (χ1n) is 6.17. The minimum atomic E-state index is -1.19. The minimum absolute atomic E-state index is 0.0488. The van der Waals surface area contributed by atoms with E-state index in [-0.39, 0.29) is 36.2 Å². The minimum Gasteiger partial charge on any atom is -0.481 e. The van der Waals surface area contributed by atoms with Crippen molar-refractivity contribution in [3.63, 3.8) is 0 Å². The van der Waals surface area contributed by atoms with E-state index in [1.165, 1.54) is 0 Å². The third-order valence-electron chi connectivity index (χ3n) is 2.04. The third-order valence-corrected chi connectivity index (χ3v) is 2.41. The second-order valence-electron chi connectivity index (χ2n) is 4.45. The van der Waals surface area contributed by atoms with E-state index in [1.807, 2.05) is 0 Å². The molecule has 116 valence electrons. The van der Waals surface area contributed by atoms with Gasteiger partial charge >= 0.3 is 17.9 Å². The van der Waals surface area contributed by atoms with Gasteiger partial charge < -0.3 is 14.6 Å². The van der Waals surface area contributed by atoms with Gasteiger partial charge in [-0.25, -0.2) is 0 Å². The highest BCUT2D eigenvalue weighted by molar-refractivity contribution is 7.81. The normalized spacial score (nSPS) is 15.0. The molecular weight excluding hydrogens is 304 g/mol. The number of carbonyl (C=O) groups is 3. The molecule has 8 heteroatoms. The molecule has 0 bridgehead atoms. The maximum atomic E-state index is 11.5. The van der Waals surface area contributed by atoms with Gasteiger partial charge in [-0.05, 0) is 0 Å². The molecule has 0 aromatic heterocycles. The van der Waals surface area contributed by atoms with E-state index >= 15 is 0 Å². The molecule has 0 aliphatic heterocycles. The monoisotopic (exact) mass is 324 g/mol. The molecule has 0 saturated carbocycles. The zero-order valence-electron chi connectivity index (χ0n) is 11.4. The quantitative estimate of drug-likeness (QED) is 0.340. The number of carboxylic acids is 1. The summed E-state index contributed by atoms with van der Waals surface area (Å²) in [6, 6.07) is 0. The van der Waals surface area contributed by atoms with Crippen LogP contribution < -0.4 is 0 Å². The molecule has 6 nitrogen and oxygen atoms in total. The molecule has 1 N–H and O–H groups in total. The summed E-state index contributed by atoms with van der Waals surface area (Å²) in [5.41, 5.74) is 0. The van der Waals surface area contributed by atoms with Crippen molar-refractivity contribution in [3.05, 3.63) is 0 Å². The van der Waals surface area contributed by atoms with Gasteiger partial charge in [-0.15, -0.1) is 0 Å². The largest absolute Gasteiger partial charge is 0.481 e. The van der Waals surface area contributed by atoms with Crippen molar-refractivity contribution in [2.24, 2.45) is 0 Å². The molecule has 0 saturated heterocycles. The summed E-state index contributed by atoms with van der Waals surface area (Å²) >= 11 is 8.09. The summed E-state index contributed by atoms with van der Waals surface area (Å²) in [4.78, 5) is 33.5. The summed E-state index contributed by atoms with van der Waals surface area (Å²) in [5, 5.41) is 8.22. The molecule has 0 radical (unpaired) electrons. The van der Waals surface area contributed by atoms with Gasteiger partial charge in [-0.3, -0.25) is 14.4 Å². The number of thiol groups is 2. The highest BCUT2D eigenvalue weighted by Gasteiger charge is 2.21. The first-order valence-corrected chi connectivity index (χ1v) is 7.20. The Morgan fingerprint density at radius 3 is 1.70 bits per heavy atom. The molecule has 0 heterocycles. The molecule has 0 fully saturated rings. The Hall–Kier alpha value is -0.890. The summed E-state index contributed by atoms with van der Waals surface area (Å²) in [5.74, 6) is -2.24. The molecule has 0 aliphatic rings. The van der Waals surface area contributed by atoms with E-state index in [9.17, 15) is 14.4 Å². The number of ether oxygens (including phenoxy) is 2. The van der Waals surface area contributed by atoms with Crippen LogP contribution in [0.15, 0.2) is 0 Å². The molecule has 2 atom stereocenters. The Balaban J connectivity index is 4.43. The lowest BCUT2D eigenvalue weighted by molar-refractivity contribution is -0.190. The average Bonchev–Trinajstić information content (AvgIpc) is 2.23. The number of hydrogen-bond acceptors (Lipinski definition) is 7. The van der Waals surface area contributed by atoms with Crippen molar-refractivity contribution in [1.82, 2.24) is 0 Å². The maximum absolute atomic E-state index is 11.5. The fraction of sp³-hybridized carbons (Fsp3) is 0.750. The molecule has 0 spiro atoms. The van der Waals surface area contributed by atoms with Gasteiger partial charge in [-0.2, -0.15) is 25.3 Å².